The van der Waals surface area contributed by atoms with Crippen molar-refractivity contribution in [1.29, 1.82) is 0 Å². The second-order valence-corrected chi connectivity index (χ2v) is 8.97. The Morgan fingerprint density at radius 3 is 2.64 bits per heavy atom. The summed E-state index contributed by atoms with van der Waals surface area (Å²) in [7, 11) is 5.45. The van der Waals surface area contributed by atoms with Crippen LogP contribution in [0.4, 0.5) is 0 Å². The highest BCUT2D eigenvalue weighted by atomic mass is 16.5. The molecule has 0 spiro atoms. The first-order valence-electron chi connectivity index (χ1n) is 12.0. The van der Waals surface area contributed by atoms with E-state index in [1.807, 2.05) is 44.1 Å². The summed E-state index contributed by atoms with van der Waals surface area (Å²) in [6, 6.07) is 10.0. The number of benzene rings is 1. The molecule has 2 aromatic heterocycles. The van der Waals surface area contributed by atoms with E-state index in [0.29, 0.717) is 53.7 Å². The van der Waals surface area contributed by atoms with Gasteiger partial charge >= 0.3 is 0 Å². The maximum absolute atomic E-state index is 13.4. The molecule has 1 aliphatic heterocycles. The van der Waals surface area contributed by atoms with E-state index in [9.17, 15) is 14.7 Å². The van der Waals surface area contributed by atoms with Gasteiger partial charge in [-0.15, -0.1) is 0 Å². The molecule has 3 heterocycles. The number of Topliss-reactive ketones (excluding diaryl/α,β-unsaturated/α-hetero) is 1. The number of carbonyl (C=O) groups excluding carboxylic acids is 2. The number of carbonyl (C=O) groups is 2. The van der Waals surface area contributed by atoms with Crippen molar-refractivity contribution in [3.8, 4) is 11.5 Å². The average molecular weight is 493 g/mol. The Bertz CT molecular complexity index is 1330. The lowest BCUT2D eigenvalue weighted by atomic mass is 9.95. The van der Waals surface area contributed by atoms with Crippen molar-refractivity contribution in [2.24, 2.45) is 0 Å². The number of imidazole rings is 1. The number of hydrogen-bond donors (Lipinski definition) is 1. The smallest absolute Gasteiger partial charge is 0.295 e. The summed E-state index contributed by atoms with van der Waals surface area (Å²) < 4.78 is 12.9. The molecule has 0 bridgehead atoms. The molecule has 190 valence electrons. The van der Waals surface area contributed by atoms with Crippen LogP contribution in [0.25, 0.3) is 11.4 Å². The molecule has 0 radical (unpaired) electrons. The molecule has 1 unspecified atom stereocenters. The van der Waals surface area contributed by atoms with Gasteiger partial charge in [-0.3, -0.25) is 14.0 Å². The summed E-state index contributed by atoms with van der Waals surface area (Å²) in [6.07, 6.45) is 2.44. The van der Waals surface area contributed by atoms with Gasteiger partial charge in [0.25, 0.3) is 11.7 Å². The third-order valence-corrected chi connectivity index (χ3v) is 6.28. The Kier molecular flexibility index (Phi) is 7.30. The van der Waals surface area contributed by atoms with Gasteiger partial charge in [-0.05, 0) is 70.7 Å². The first-order valence-corrected chi connectivity index (χ1v) is 12.0. The molecule has 1 saturated heterocycles. The van der Waals surface area contributed by atoms with Crippen LogP contribution < -0.4 is 9.47 Å². The molecule has 0 aliphatic carbocycles. The normalized spacial score (nSPS) is 17.4. The highest BCUT2D eigenvalue weighted by molar-refractivity contribution is 6.46. The van der Waals surface area contributed by atoms with E-state index in [1.165, 1.54) is 12.0 Å². The van der Waals surface area contributed by atoms with E-state index < -0.39 is 17.7 Å². The standard InChI is InChI=1S/C27H32N4O5/c1-6-36-19-12-11-18(16-20(19)35-5)24-22(26(33)27(34)31(24)15-9-13-29(3)4)25(32)23-17(2)28-21-10-7-8-14-30(21)23/h7-8,10-12,14,16,24,32H,6,9,13,15H2,1-5H3/b25-22+. The third-order valence-electron chi connectivity index (χ3n) is 6.28. The average Bonchev–Trinajstić information content (AvgIpc) is 3.32. The van der Waals surface area contributed by atoms with Crippen molar-refractivity contribution in [2.45, 2.75) is 26.3 Å². The first-order chi connectivity index (χ1) is 17.3. The summed E-state index contributed by atoms with van der Waals surface area (Å²) in [6.45, 7) is 5.21. The number of rotatable bonds is 9. The van der Waals surface area contributed by atoms with Gasteiger partial charge in [0.15, 0.2) is 17.3 Å². The van der Waals surface area contributed by atoms with Crippen molar-refractivity contribution < 1.29 is 24.2 Å². The van der Waals surface area contributed by atoms with Gasteiger partial charge in [0.1, 0.15) is 11.3 Å². The number of likely N-dealkylation sites (tertiary alicyclic amines) is 1. The SMILES string of the molecule is CCOc1ccc(C2/C(=C(\O)c3c(C)nc4ccccn34)C(=O)C(=O)N2CCCN(C)C)cc1OC. The fourth-order valence-electron chi connectivity index (χ4n) is 4.67. The van der Waals surface area contributed by atoms with Crippen LogP contribution in [0.15, 0.2) is 48.2 Å². The third kappa shape index (κ3) is 4.54. The highest BCUT2D eigenvalue weighted by Crippen LogP contribution is 2.42. The number of aliphatic hydroxyl groups excluding tert-OH is 1. The van der Waals surface area contributed by atoms with Gasteiger partial charge < -0.3 is 24.4 Å². The zero-order valence-corrected chi connectivity index (χ0v) is 21.3. The molecular formula is C27H32N4O5. The number of aromatic nitrogens is 2. The minimum absolute atomic E-state index is 0.0322. The second kappa shape index (κ2) is 10.4. The zero-order valence-electron chi connectivity index (χ0n) is 21.3. The summed E-state index contributed by atoms with van der Waals surface area (Å²) >= 11 is 0. The second-order valence-electron chi connectivity index (χ2n) is 8.97. The zero-order chi connectivity index (χ0) is 26.0. The Labute approximate surface area is 210 Å². The van der Waals surface area contributed by atoms with Crippen molar-refractivity contribution >= 4 is 23.1 Å². The minimum atomic E-state index is -0.787. The lowest BCUT2D eigenvalue weighted by Gasteiger charge is -2.26. The number of ketones is 1. The number of pyridine rings is 1. The summed E-state index contributed by atoms with van der Waals surface area (Å²) in [5, 5.41) is 11.6. The van der Waals surface area contributed by atoms with Crippen LogP contribution in [0.5, 0.6) is 11.5 Å². The first kappa shape index (κ1) is 25.2. The summed E-state index contributed by atoms with van der Waals surface area (Å²) in [5.74, 6) is -0.567. The molecule has 1 fully saturated rings. The molecule has 1 aromatic carbocycles. The summed E-state index contributed by atoms with van der Waals surface area (Å²) in [5.41, 5.74) is 2.26. The highest BCUT2D eigenvalue weighted by Gasteiger charge is 2.46. The van der Waals surface area contributed by atoms with Gasteiger partial charge in [0.2, 0.25) is 0 Å². The maximum atomic E-state index is 13.4. The van der Waals surface area contributed by atoms with Crippen LogP contribution >= 0.6 is 0 Å². The molecule has 0 saturated carbocycles. The van der Waals surface area contributed by atoms with E-state index in [4.69, 9.17) is 9.47 Å². The van der Waals surface area contributed by atoms with E-state index in [0.717, 1.165) is 6.54 Å². The number of amides is 1. The van der Waals surface area contributed by atoms with Crippen molar-refractivity contribution in [2.75, 3.05) is 40.9 Å². The summed E-state index contributed by atoms with van der Waals surface area (Å²) in [4.78, 5) is 34.7. The molecule has 9 nitrogen and oxygen atoms in total. The van der Waals surface area contributed by atoms with E-state index in [2.05, 4.69) is 4.98 Å². The minimum Gasteiger partial charge on any atom is -0.505 e. The van der Waals surface area contributed by atoms with Crippen LogP contribution in [0.3, 0.4) is 0 Å². The van der Waals surface area contributed by atoms with Crippen LogP contribution in [0.2, 0.25) is 0 Å². The van der Waals surface area contributed by atoms with Crippen LogP contribution in [-0.2, 0) is 9.59 Å². The molecule has 1 N–H and O–H groups in total. The number of aryl methyl sites for hydroxylation is 1. The van der Waals surface area contributed by atoms with Gasteiger partial charge in [-0.2, -0.15) is 0 Å². The molecule has 4 rings (SSSR count). The predicted octanol–water partition coefficient (Wildman–Crippen LogP) is 3.42. The molecule has 1 atom stereocenters. The Morgan fingerprint density at radius 1 is 1.17 bits per heavy atom. The van der Waals surface area contributed by atoms with Gasteiger partial charge in [0.05, 0.1) is 31.0 Å². The van der Waals surface area contributed by atoms with Crippen LogP contribution in [-0.4, -0.2) is 76.9 Å². The topological polar surface area (TPSA) is 96.6 Å². The number of methoxy groups -OCH3 is 1. The van der Waals surface area contributed by atoms with E-state index in [-0.39, 0.29) is 11.3 Å². The fourth-order valence-corrected chi connectivity index (χ4v) is 4.67. The molecule has 36 heavy (non-hydrogen) atoms. The van der Waals surface area contributed by atoms with Crippen LogP contribution in [0, 0.1) is 6.92 Å². The van der Waals surface area contributed by atoms with Gasteiger partial charge in [-0.1, -0.05) is 12.1 Å². The van der Waals surface area contributed by atoms with Gasteiger partial charge in [-0.25, -0.2) is 4.98 Å². The molecule has 3 aromatic rings. The van der Waals surface area contributed by atoms with Crippen molar-refractivity contribution in [1.82, 2.24) is 19.2 Å². The number of aliphatic hydroxyl groups is 1. The maximum Gasteiger partial charge on any atom is 0.295 e. The van der Waals surface area contributed by atoms with E-state index in [1.54, 1.807) is 35.7 Å². The van der Waals surface area contributed by atoms with Crippen molar-refractivity contribution in [3.05, 3.63) is 65.1 Å². The predicted molar refractivity (Wildman–Crippen MR) is 136 cm³/mol. The van der Waals surface area contributed by atoms with Gasteiger partial charge in [0, 0.05) is 12.7 Å². The number of nitrogens with zero attached hydrogens (tertiary/aromatic N) is 4. The molecule has 1 amide bonds. The quantitative estimate of drug-likeness (QED) is 0.278. The Hall–Kier alpha value is -3.85. The lowest BCUT2D eigenvalue weighted by molar-refractivity contribution is -0.139. The number of ether oxygens (including phenoxy) is 2. The molecular weight excluding hydrogens is 460 g/mol. The van der Waals surface area contributed by atoms with Crippen molar-refractivity contribution in [3.63, 3.8) is 0 Å². The molecule has 9 heteroatoms. The Balaban J connectivity index is 1.89. The fraction of sp³-hybridized carbons (Fsp3) is 0.370. The van der Waals surface area contributed by atoms with E-state index >= 15 is 0 Å². The van der Waals surface area contributed by atoms with Crippen LogP contribution in [0.1, 0.15) is 36.3 Å². The lowest BCUT2D eigenvalue weighted by Crippen LogP contribution is -2.32. The Morgan fingerprint density at radius 2 is 1.94 bits per heavy atom. The largest absolute Gasteiger partial charge is 0.505 e. The molecule has 1 aliphatic rings. The number of fused-ring (bicyclic) bond motifs is 1. The monoisotopic (exact) mass is 492 g/mol. The number of hydrogen-bond acceptors (Lipinski definition) is 7.